The van der Waals surface area contributed by atoms with Gasteiger partial charge in [0.15, 0.2) is 0 Å². The predicted octanol–water partition coefficient (Wildman–Crippen LogP) is 2.95. The molecule has 2 heterocycles. The molecule has 8 heteroatoms. The third-order valence-corrected chi connectivity index (χ3v) is 6.92. The fourth-order valence-electron chi connectivity index (χ4n) is 4.50. The molecule has 3 N–H and O–H groups in total. The molecule has 3 aliphatic rings. The number of aromatic carboxylic acids is 1. The number of fused-ring (bicyclic) bond motifs is 1. The highest BCUT2D eigenvalue weighted by Gasteiger charge is 2.48. The minimum atomic E-state index is -1.32. The molecule has 1 saturated heterocycles. The first-order valence-corrected chi connectivity index (χ1v) is 9.96. The molecular formula is C20H21ClFN3O3. The number of pyridine rings is 1. The SMILES string of the molecule is NC1([C@@H]2CCN(c3ccc4c(=O)c(C(=O)O)cn([C@@H]5C[C@@H]5F)c4c3Cl)C2)CC1. The molecule has 6 nitrogen and oxygen atoms in total. The van der Waals surface area contributed by atoms with Crippen LogP contribution in [-0.4, -0.2) is 40.4 Å². The first-order chi connectivity index (χ1) is 13.3. The third-order valence-electron chi connectivity index (χ3n) is 6.55. The maximum atomic E-state index is 13.8. The lowest BCUT2D eigenvalue weighted by molar-refractivity contribution is 0.0694. The van der Waals surface area contributed by atoms with E-state index in [9.17, 15) is 19.1 Å². The summed E-state index contributed by atoms with van der Waals surface area (Å²) in [7, 11) is 0. The van der Waals surface area contributed by atoms with Crippen LogP contribution in [0.1, 0.15) is 42.1 Å². The van der Waals surface area contributed by atoms with Crippen LogP contribution in [0.25, 0.3) is 10.9 Å². The molecular weight excluding hydrogens is 385 g/mol. The zero-order chi connectivity index (χ0) is 19.8. The lowest BCUT2D eigenvalue weighted by atomic mass is 9.97. The number of carboxylic acid groups (broad SMARTS) is 1. The van der Waals surface area contributed by atoms with Gasteiger partial charge in [0.05, 0.1) is 22.3 Å². The number of benzene rings is 1. The number of hydrogen-bond acceptors (Lipinski definition) is 4. The Morgan fingerprint density at radius 2 is 2.07 bits per heavy atom. The standard InChI is InChI=1S/C20H21ClFN3O3/c21-16-14(24-6-3-10(8-24)20(23)4-5-20)2-1-11-17(16)25(15-7-13(15)22)9-12(18(11)26)19(27)28/h1-2,9-10,13,15H,3-8,23H2,(H,27,28)/t10-,13+,15-/m1/s1. The summed E-state index contributed by atoms with van der Waals surface area (Å²) in [5.41, 5.74) is 6.54. The molecule has 0 unspecified atom stereocenters. The Bertz CT molecular complexity index is 1060. The van der Waals surface area contributed by atoms with E-state index in [0.717, 1.165) is 38.0 Å². The fourth-order valence-corrected chi connectivity index (χ4v) is 4.88. The number of alkyl halides is 1. The van der Waals surface area contributed by atoms with E-state index in [1.165, 1.54) is 10.8 Å². The van der Waals surface area contributed by atoms with E-state index in [4.69, 9.17) is 17.3 Å². The van der Waals surface area contributed by atoms with Crippen molar-refractivity contribution in [3.8, 4) is 0 Å². The van der Waals surface area contributed by atoms with Crippen LogP contribution >= 0.6 is 11.6 Å². The molecule has 28 heavy (non-hydrogen) atoms. The first kappa shape index (κ1) is 17.9. The molecule has 3 fully saturated rings. The smallest absolute Gasteiger partial charge is 0.341 e. The van der Waals surface area contributed by atoms with Gasteiger partial charge in [-0.1, -0.05) is 11.6 Å². The maximum Gasteiger partial charge on any atom is 0.341 e. The normalized spacial score (nSPS) is 28.0. The molecule has 0 spiro atoms. The number of aromatic nitrogens is 1. The van der Waals surface area contributed by atoms with E-state index < -0.39 is 23.6 Å². The second-order valence-corrected chi connectivity index (χ2v) is 8.74. The van der Waals surface area contributed by atoms with Crippen molar-refractivity contribution in [1.82, 2.24) is 4.57 Å². The van der Waals surface area contributed by atoms with Crippen LogP contribution < -0.4 is 16.1 Å². The minimum absolute atomic E-state index is 0.0635. The van der Waals surface area contributed by atoms with Gasteiger partial charge in [0.1, 0.15) is 11.7 Å². The number of nitrogens with zero attached hydrogens (tertiary/aromatic N) is 2. The van der Waals surface area contributed by atoms with Crippen molar-refractivity contribution in [2.75, 3.05) is 18.0 Å². The Morgan fingerprint density at radius 3 is 2.68 bits per heavy atom. The highest BCUT2D eigenvalue weighted by molar-refractivity contribution is 6.38. The highest BCUT2D eigenvalue weighted by atomic mass is 35.5. The second-order valence-electron chi connectivity index (χ2n) is 8.36. The largest absolute Gasteiger partial charge is 0.477 e. The lowest BCUT2D eigenvalue weighted by Crippen LogP contribution is -2.34. The summed E-state index contributed by atoms with van der Waals surface area (Å²) in [6, 6.07) is 2.89. The summed E-state index contributed by atoms with van der Waals surface area (Å²) in [5, 5.41) is 9.94. The van der Waals surface area contributed by atoms with Gasteiger partial charge in [-0.3, -0.25) is 4.79 Å². The number of halogens is 2. The van der Waals surface area contributed by atoms with Crippen LogP contribution in [0, 0.1) is 5.92 Å². The summed E-state index contributed by atoms with van der Waals surface area (Å²) in [5.74, 6) is -0.911. The number of rotatable bonds is 4. The van der Waals surface area contributed by atoms with Crippen molar-refractivity contribution in [3.63, 3.8) is 0 Å². The van der Waals surface area contributed by atoms with Crippen molar-refractivity contribution >= 4 is 34.2 Å². The van der Waals surface area contributed by atoms with Crippen molar-refractivity contribution in [2.45, 2.75) is 43.4 Å². The van der Waals surface area contributed by atoms with Crippen molar-refractivity contribution in [3.05, 3.63) is 39.1 Å². The summed E-state index contributed by atoms with van der Waals surface area (Å²) in [6.45, 7) is 1.62. The van der Waals surface area contributed by atoms with Crippen LogP contribution in [0.5, 0.6) is 0 Å². The van der Waals surface area contributed by atoms with E-state index in [-0.39, 0.29) is 16.5 Å². The molecule has 1 aromatic heterocycles. The van der Waals surface area contributed by atoms with E-state index in [1.54, 1.807) is 12.1 Å². The Hall–Kier alpha value is -2.12. The summed E-state index contributed by atoms with van der Waals surface area (Å²) < 4.78 is 15.4. The Labute approximate surface area is 165 Å². The quantitative estimate of drug-likeness (QED) is 0.816. The Kier molecular flexibility index (Phi) is 3.81. The maximum absolute atomic E-state index is 13.8. The summed E-state index contributed by atoms with van der Waals surface area (Å²) in [4.78, 5) is 26.3. The van der Waals surface area contributed by atoms with Crippen molar-refractivity contribution in [1.29, 1.82) is 0 Å². The molecule has 1 aromatic carbocycles. The van der Waals surface area contributed by atoms with Crippen LogP contribution in [0.3, 0.4) is 0 Å². The second kappa shape index (κ2) is 5.94. The van der Waals surface area contributed by atoms with Gasteiger partial charge in [0, 0.05) is 36.6 Å². The van der Waals surface area contributed by atoms with Gasteiger partial charge in [-0.2, -0.15) is 0 Å². The van der Waals surface area contributed by atoms with Crippen molar-refractivity contribution in [2.24, 2.45) is 11.7 Å². The van der Waals surface area contributed by atoms with E-state index in [1.807, 2.05) is 0 Å². The molecule has 0 bridgehead atoms. The van der Waals surface area contributed by atoms with Crippen LogP contribution in [0.4, 0.5) is 10.1 Å². The number of carboxylic acids is 1. The van der Waals surface area contributed by atoms with Gasteiger partial charge in [-0.05, 0) is 37.3 Å². The van der Waals surface area contributed by atoms with Gasteiger partial charge in [0.25, 0.3) is 0 Å². The molecule has 2 aromatic rings. The van der Waals surface area contributed by atoms with Gasteiger partial charge in [-0.25, -0.2) is 9.18 Å². The zero-order valence-corrected chi connectivity index (χ0v) is 16.0. The average molecular weight is 406 g/mol. The summed E-state index contributed by atoms with van der Waals surface area (Å²) >= 11 is 6.73. The van der Waals surface area contributed by atoms with Gasteiger partial charge in [-0.15, -0.1) is 0 Å². The van der Waals surface area contributed by atoms with Gasteiger partial charge in [0.2, 0.25) is 5.43 Å². The summed E-state index contributed by atoms with van der Waals surface area (Å²) in [6.07, 6.45) is 3.56. The first-order valence-electron chi connectivity index (χ1n) is 9.59. The predicted molar refractivity (Wildman–Crippen MR) is 105 cm³/mol. The number of nitrogens with two attached hydrogens (primary N) is 1. The average Bonchev–Trinajstić information content (AvgIpc) is 3.52. The minimum Gasteiger partial charge on any atom is -0.477 e. The Balaban J connectivity index is 1.63. The topological polar surface area (TPSA) is 88.6 Å². The molecule has 2 aliphatic carbocycles. The molecule has 5 rings (SSSR count). The highest BCUT2D eigenvalue weighted by Crippen LogP contribution is 2.47. The molecule has 0 radical (unpaired) electrons. The van der Waals surface area contributed by atoms with Crippen LogP contribution in [0.2, 0.25) is 5.02 Å². The molecule has 0 amide bonds. The van der Waals surface area contributed by atoms with Crippen molar-refractivity contribution < 1.29 is 14.3 Å². The van der Waals surface area contributed by atoms with E-state index in [2.05, 4.69) is 4.90 Å². The molecule has 3 atom stereocenters. The fraction of sp³-hybridized carbons (Fsp3) is 0.500. The molecule has 2 saturated carbocycles. The molecule has 148 valence electrons. The monoisotopic (exact) mass is 405 g/mol. The van der Waals surface area contributed by atoms with Crippen LogP contribution in [0.15, 0.2) is 23.1 Å². The van der Waals surface area contributed by atoms with E-state index in [0.29, 0.717) is 22.9 Å². The van der Waals surface area contributed by atoms with E-state index >= 15 is 0 Å². The number of carbonyl (C=O) groups is 1. The van der Waals surface area contributed by atoms with Gasteiger partial charge >= 0.3 is 5.97 Å². The molecule has 1 aliphatic heterocycles. The number of anilines is 1. The lowest BCUT2D eigenvalue weighted by Gasteiger charge is -2.24. The number of hydrogen-bond donors (Lipinski definition) is 2. The third kappa shape index (κ3) is 2.63. The van der Waals surface area contributed by atoms with Crippen LogP contribution in [-0.2, 0) is 0 Å². The van der Waals surface area contributed by atoms with Gasteiger partial charge < -0.3 is 20.3 Å². The zero-order valence-electron chi connectivity index (χ0n) is 15.2. The Morgan fingerprint density at radius 1 is 1.36 bits per heavy atom.